The number of amides is 2. The van der Waals surface area contributed by atoms with Gasteiger partial charge in [-0.25, -0.2) is 0 Å². The highest BCUT2D eigenvalue weighted by atomic mass is 16.2. The van der Waals surface area contributed by atoms with Crippen LogP contribution in [0.25, 0.3) is 0 Å². The van der Waals surface area contributed by atoms with Crippen molar-refractivity contribution < 1.29 is 9.59 Å². The lowest BCUT2D eigenvalue weighted by molar-refractivity contribution is -0.140. The average molecular weight is 381 g/mol. The Balaban J connectivity index is 2.24. The van der Waals surface area contributed by atoms with Crippen molar-refractivity contribution in [1.82, 2.24) is 10.2 Å². The van der Waals surface area contributed by atoms with Crippen LogP contribution in [0, 0.1) is 13.8 Å². The van der Waals surface area contributed by atoms with Gasteiger partial charge in [-0.15, -0.1) is 0 Å². The molecule has 0 unspecified atom stereocenters. The van der Waals surface area contributed by atoms with Crippen LogP contribution in [-0.4, -0.2) is 28.3 Å². The quantitative estimate of drug-likeness (QED) is 0.817. The highest BCUT2D eigenvalue weighted by Gasteiger charge is 2.28. The summed E-state index contributed by atoms with van der Waals surface area (Å²) in [6, 6.07) is 15.4. The first-order valence-electron chi connectivity index (χ1n) is 9.78. The van der Waals surface area contributed by atoms with Crippen molar-refractivity contribution in [2.45, 2.75) is 66.1 Å². The van der Waals surface area contributed by atoms with Gasteiger partial charge >= 0.3 is 0 Å². The third kappa shape index (κ3) is 6.52. The normalized spacial score (nSPS) is 12.4. The zero-order valence-electron chi connectivity index (χ0n) is 17.9. The minimum Gasteiger partial charge on any atom is -0.350 e. The molecule has 0 aliphatic heterocycles. The Kier molecular flexibility index (Phi) is 7.00. The highest BCUT2D eigenvalue weighted by molar-refractivity contribution is 5.88. The van der Waals surface area contributed by atoms with Crippen LogP contribution in [0.5, 0.6) is 0 Å². The van der Waals surface area contributed by atoms with Gasteiger partial charge in [0.2, 0.25) is 11.8 Å². The Labute approximate surface area is 169 Å². The lowest BCUT2D eigenvalue weighted by atomic mass is 10.1. The van der Waals surface area contributed by atoms with Gasteiger partial charge in [-0.2, -0.15) is 0 Å². The summed E-state index contributed by atoms with van der Waals surface area (Å²) in [6.07, 6.45) is 0.277. The molecule has 0 fully saturated rings. The fourth-order valence-corrected chi connectivity index (χ4v) is 3.05. The summed E-state index contributed by atoms with van der Waals surface area (Å²) in [7, 11) is 0. The second kappa shape index (κ2) is 9.05. The smallest absolute Gasteiger partial charge is 0.242 e. The van der Waals surface area contributed by atoms with Gasteiger partial charge in [0.05, 0.1) is 6.42 Å². The van der Waals surface area contributed by atoms with E-state index in [0.717, 1.165) is 22.3 Å². The van der Waals surface area contributed by atoms with Crippen molar-refractivity contribution in [1.29, 1.82) is 0 Å². The molecule has 2 aromatic rings. The maximum atomic E-state index is 13.1. The van der Waals surface area contributed by atoms with Crippen molar-refractivity contribution in [3.8, 4) is 0 Å². The van der Waals surface area contributed by atoms with Crippen LogP contribution < -0.4 is 5.32 Å². The summed E-state index contributed by atoms with van der Waals surface area (Å²) in [5, 5.41) is 2.99. The minimum atomic E-state index is -0.558. The molecule has 0 aromatic heterocycles. The summed E-state index contributed by atoms with van der Waals surface area (Å²) in [5.74, 6) is -0.195. The predicted octanol–water partition coefficient (Wildman–Crippen LogP) is 4.18. The molecule has 0 saturated heterocycles. The van der Waals surface area contributed by atoms with E-state index in [0.29, 0.717) is 6.54 Å². The maximum absolute atomic E-state index is 13.1. The topological polar surface area (TPSA) is 49.4 Å². The Morgan fingerprint density at radius 3 is 2.18 bits per heavy atom. The molecule has 2 amide bonds. The maximum Gasteiger partial charge on any atom is 0.242 e. The summed E-state index contributed by atoms with van der Waals surface area (Å²) in [4.78, 5) is 27.6. The molecule has 0 radical (unpaired) electrons. The molecule has 0 aliphatic rings. The Bertz CT molecular complexity index is 819. The molecule has 0 spiro atoms. The van der Waals surface area contributed by atoms with E-state index in [1.54, 1.807) is 11.8 Å². The van der Waals surface area contributed by atoms with Gasteiger partial charge in [-0.3, -0.25) is 9.59 Å². The molecule has 2 aromatic carbocycles. The molecular formula is C24H32N2O2. The summed E-state index contributed by atoms with van der Waals surface area (Å²) >= 11 is 0. The van der Waals surface area contributed by atoms with Crippen molar-refractivity contribution in [2.75, 3.05) is 0 Å². The van der Waals surface area contributed by atoms with Gasteiger partial charge in [0.1, 0.15) is 6.04 Å². The van der Waals surface area contributed by atoms with Gasteiger partial charge in [-0.1, -0.05) is 59.7 Å². The molecule has 28 heavy (non-hydrogen) atoms. The SMILES string of the molecule is Cc1ccc(CC(=O)N(Cc2cccc(C)c2)[C@@H](C)C(=O)NC(C)(C)C)cc1. The molecule has 1 N–H and O–H groups in total. The highest BCUT2D eigenvalue weighted by Crippen LogP contribution is 2.15. The number of nitrogens with zero attached hydrogens (tertiary/aromatic N) is 1. The number of carbonyl (C=O) groups is 2. The van der Waals surface area contributed by atoms with Gasteiger partial charge in [-0.05, 0) is 52.7 Å². The van der Waals surface area contributed by atoms with Crippen LogP contribution in [0.1, 0.15) is 49.9 Å². The third-order valence-electron chi connectivity index (χ3n) is 4.58. The molecule has 0 aliphatic carbocycles. The first-order valence-corrected chi connectivity index (χ1v) is 9.78. The molecule has 4 heteroatoms. The Hall–Kier alpha value is -2.62. The van der Waals surface area contributed by atoms with Crippen LogP contribution in [-0.2, 0) is 22.6 Å². The lowest BCUT2D eigenvalue weighted by Gasteiger charge is -2.31. The molecule has 4 nitrogen and oxygen atoms in total. The largest absolute Gasteiger partial charge is 0.350 e. The van der Waals surface area contributed by atoms with E-state index in [4.69, 9.17) is 0 Å². The van der Waals surface area contributed by atoms with Gasteiger partial charge in [0.25, 0.3) is 0 Å². The van der Waals surface area contributed by atoms with E-state index in [1.165, 1.54) is 0 Å². The fraction of sp³-hybridized carbons (Fsp3) is 0.417. The average Bonchev–Trinajstić information content (AvgIpc) is 2.59. The molecule has 2 rings (SSSR count). The van der Waals surface area contributed by atoms with Crippen LogP contribution in [0.2, 0.25) is 0 Å². The molecule has 150 valence electrons. The molecule has 0 heterocycles. The van der Waals surface area contributed by atoms with E-state index in [9.17, 15) is 9.59 Å². The predicted molar refractivity (Wildman–Crippen MR) is 114 cm³/mol. The van der Waals surface area contributed by atoms with Crippen molar-refractivity contribution >= 4 is 11.8 Å². The zero-order chi connectivity index (χ0) is 20.9. The molecule has 1 atom stereocenters. The standard InChI is InChI=1S/C24H32N2O2/c1-17-10-12-20(13-11-17)15-22(27)26(16-21-9-7-8-18(2)14-21)19(3)23(28)25-24(4,5)6/h7-14,19H,15-16H2,1-6H3,(H,25,28)/t19-/m0/s1. The first kappa shape index (κ1) is 21.7. The number of hydrogen-bond donors (Lipinski definition) is 1. The molecule has 0 bridgehead atoms. The van der Waals surface area contributed by atoms with E-state index in [2.05, 4.69) is 11.4 Å². The van der Waals surface area contributed by atoms with E-state index in [-0.39, 0.29) is 23.8 Å². The van der Waals surface area contributed by atoms with Crippen molar-refractivity contribution in [3.63, 3.8) is 0 Å². The second-order valence-electron chi connectivity index (χ2n) is 8.59. The number of rotatable bonds is 6. The van der Waals surface area contributed by atoms with Crippen molar-refractivity contribution in [3.05, 3.63) is 70.8 Å². The van der Waals surface area contributed by atoms with Crippen molar-refractivity contribution in [2.24, 2.45) is 0 Å². The van der Waals surface area contributed by atoms with Crippen LogP contribution >= 0.6 is 0 Å². The summed E-state index contributed by atoms with van der Waals surface area (Å²) in [6.45, 7) is 12.1. The number of aryl methyl sites for hydroxylation is 2. The Morgan fingerprint density at radius 1 is 0.964 bits per heavy atom. The van der Waals surface area contributed by atoms with Gasteiger partial charge < -0.3 is 10.2 Å². The molecule has 0 saturated carbocycles. The summed E-state index contributed by atoms with van der Waals surface area (Å²) < 4.78 is 0. The number of benzene rings is 2. The van der Waals surface area contributed by atoms with Crippen LogP contribution in [0.4, 0.5) is 0 Å². The number of nitrogens with one attached hydrogen (secondary N) is 1. The van der Waals surface area contributed by atoms with E-state index < -0.39 is 6.04 Å². The van der Waals surface area contributed by atoms with E-state index >= 15 is 0 Å². The van der Waals surface area contributed by atoms with Gasteiger partial charge in [0.15, 0.2) is 0 Å². The Morgan fingerprint density at radius 2 is 1.61 bits per heavy atom. The van der Waals surface area contributed by atoms with Crippen LogP contribution in [0.15, 0.2) is 48.5 Å². The van der Waals surface area contributed by atoms with Crippen LogP contribution in [0.3, 0.4) is 0 Å². The fourth-order valence-electron chi connectivity index (χ4n) is 3.05. The first-order chi connectivity index (χ1) is 13.0. The number of carbonyl (C=O) groups excluding carboxylic acids is 2. The minimum absolute atomic E-state index is 0.0538. The van der Waals surface area contributed by atoms with E-state index in [1.807, 2.05) is 77.1 Å². The zero-order valence-corrected chi connectivity index (χ0v) is 17.9. The monoisotopic (exact) mass is 380 g/mol. The second-order valence-corrected chi connectivity index (χ2v) is 8.59. The van der Waals surface area contributed by atoms with Gasteiger partial charge in [0, 0.05) is 12.1 Å². The third-order valence-corrected chi connectivity index (χ3v) is 4.58. The molecular weight excluding hydrogens is 348 g/mol. The lowest BCUT2D eigenvalue weighted by Crippen LogP contribution is -2.52. The summed E-state index contributed by atoms with van der Waals surface area (Å²) in [5.41, 5.74) is 3.92. The number of hydrogen-bond acceptors (Lipinski definition) is 2.